The normalized spacial score (nSPS) is 13.0. The number of amides is 1. The van der Waals surface area contributed by atoms with Crippen LogP contribution in [0.25, 0.3) is 5.65 Å². The zero-order valence-corrected chi connectivity index (χ0v) is 14.0. The van der Waals surface area contributed by atoms with Crippen LogP contribution in [0.2, 0.25) is 0 Å². The summed E-state index contributed by atoms with van der Waals surface area (Å²) < 4.78 is 13.0. The van der Waals surface area contributed by atoms with Gasteiger partial charge in [0.25, 0.3) is 5.91 Å². The maximum Gasteiger partial charge on any atom is 0.274 e. The molecule has 1 aliphatic rings. The zero-order valence-electron chi connectivity index (χ0n) is 14.0. The predicted molar refractivity (Wildman–Crippen MR) is 93.0 cm³/mol. The van der Waals surface area contributed by atoms with E-state index >= 15 is 0 Å². The lowest BCUT2D eigenvalue weighted by Gasteiger charge is -2.22. The summed E-state index contributed by atoms with van der Waals surface area (Å²) in [4.78, 5) is 19.0. The summed E-state index contributed by atoms with van der Waals surface area (Å²) in [7, 11) is 0. The predicted octanol–water partition coefficient (Wildman–Crippen LogP) is 2.77. The quantitative estimate of drug-likeness (QED) is 0.735. The Balaban J connectivity index is 1.56. The molecule has 3 heterocycles. The number of fused-ring (bicyclic) bond motifs is 2. The van der Waals surface area contributed by atoms with Crippen molar-refractivity contribution in [1.82, 2.24) is 14.3 Å². The minimum Gasteiger partial charge on any atom is -0.486 e. The molecule has 0 radical (unpaired) electrons. The molecule has 0 aliphatic carbocycles. The Morgan fingerprint density at radius 3 is 2.84 bits per heavy atom. The van der Waals surface area contributed by atoms with Crippen LogP contribution in [-0.4, -0.2) is 40.0 Å². The van der Waals surface area contributed by atoms with Gasteiger partial charge < -0.3 is 18.8 Å². The first-order valence-electron chi connectivity index (χ1n) is 8.36. The smallest absolute Gasteiger partial charge is 0.274 e. The maximum atomic E-state index is 12.8. The van der Waals surface area contributed by atoms with E-state index in [1.54, 1.807) is 11.1 Å². The van der Waals surface area contributed by atoms with Gasteiger partial charge in [-0.3, -0.25) is 4.79 Å². The molecule has 0 atom stereocenters. The fourth-order valence-electron chi connectivity index (χ4n) is 2.93. The molecule has 25 heavy (non-hydrogen) atoms. The molecular weight excluding hydrogens is 318 g/mol. The highest BCUT2D eigenvalue weighted by molar-refractivity contribution is 5.92. The van der Waals surface area contributed by atoms with E-state index in [1.807, 2.05) is 53.9 Å². The van der Waals surface area contributed by atoms with Crippen molar-refractivity contribution in [2.75, 3.05) is 19.8 Å². The summed E-state index contributed by atoms with van der Waals surface area (Å²) in [5, 5.41) is 0. The molecule has 1 amide bonds. The van der Waals surface area contributed by atoms with Crippen molar-refractivity contribution < 1.29 is 14.3 Å². The molecule has 2 aromatic heterocycles. The number of nitrogens with zero attached hydrogens (tertiary/aromatic N) is 3. The minimum absolute atomic E-state index is 0.0823. The number of hydrogen-bond acceptors (Lipinski definition) is 4. The summed E-state index contributed by atoms with van der Waals surface area (Å²) in [6.45, 7) is 4.18. The Morgan fingerprint density at radius 2 is 2.04 bits per heavy atom. The van der Waals surface area contributed by atoms with Crippen LogP contribution in [0, 0.1) is 0 Å². The van der Waals surface area contributed by atoms with Crippen molar-refractivity contribution in [3.05, 3.63) is 60.0 Å². The van der Waals surface area contributed by atoms with E-state index < -0.39 is 0 Å². The SMILES string of the molecule is CCN(Cc1ccc2c(c1)OCCO2)C(=O)c1cn2ccccc2n1. The number of hydrogen-bond donors (Lipinski definition) is 0. The lowest BCUT2D eigenvalue weighted by atomic mass is 10.1. The second kappa shape index (κ2) is 6.47. The average molecular weight is 337 g/mol. The van der Waals surface area contributed by atoms with Gasteiger partial charge in [-0.15, -0.1) is 0 Å². The molecule has 0 bridgehead atoms. The Hall–Kier alpha value is -3.02. The van der Waals surface area contributed by atoms with Crippen LogP contribution in [0.4, 0.5) is 0 Å². The monoisotopic (exact) mass is 337 g/mol. The summed E-state index contributed by atoms with van der Waals surface area (Å²) in [5.74, 6) is 1.41. The summed E-state index contributed by atoms with van der Waals surface area (Å²) in [5.41, 5.74) is 2.22. The van der Waals surface area contributed by atoms with Crippen molar-refractivity contribution in [2.45, 2.75) is 13.5 Å². The first-order valence-corrected chi connectivity index (χ1v) is 8.36. The second-order valence-electron chi connectivity index (χ2n) is 5.89. The summed E-state index contributed by atoms with van der Waals surface area (Å²) in [6.07, 6.45) is 3.65. The van der Waals surface area contributed by atoms with Crippen molar-refractivity contribution in [3.63, 3.8) is 0 Å². The lowest BCUT2D eigenvalue weighted by molar-refractivity contribution is 0.0747. The van der Waals surface area contributed by atoms with Crippen LogP contribution in [0.15, 0.2) is 48.8 Å². The van der Waals surface area contributed by atoms with Gasteiger partial charge in [-0.05, 0) is 36.8 Å². The highest BCUT2D eigenvalue weighted by Crippen LogP contribution is 2.31. The van der Waals surface area contributed by atoms with Gasteiger partial charge in [0.05, 0.1) is 0 Å². The average Bonchev–Trinajstić information content (AvgIpc) is 3.09. The van der Waals surface area contributed by atoms with Crippen LogP contribution < -0.4 is 9.47 Å². The summed E-state index contributed by atoms with van der Waals surface area (Å²) in [6, 6.07) is 11.5. The largest absolute Gasteiger partial charge is 0.486 e. The van der Waals surface area contributed by atoms with Gasteiger partial charge in [0, 0.05) is 25.5 Å². The zero-order chi connectivity index (χ0) is 17.2. The molecule has 4 rings (SSSR count). The first-order chi connectivity index (χ1) is 12.2. The summed E-state index contributed by atoms with van der Waals surface area (Å²) >= 11 is 0. The topological polar surface area (TPSA) is 56.1 Å². The molecule has 0 saturated heterocycles. The number of carbonyl (C=O) groups excluding carboxylic acids is 1. The Kier molecular flexibility index (Phi) is 4.01. The molecule has 0 N–H and O–H groups in total. The minimum atomic E-state index is -0.0823. The molecular formula is C19H19N3O3. The fraction of sp³-hybridized carbons (Fsp3) is 0.263. The second-order valence-corrected chi connectivity index (χ2v) is 5.89. The van der Waals surface area contributed by atoms with E-state index in [0.29, 0.717) is 32.0 Å². The van der Waals surface area contributed by atoms with E-state index in [1.165, 1.54) is 0 Å². The van der Waals surface area contributed by atoms with Gasteiger partial charge in [-0.1, -0.05) is 12.1 Å². The molecule has 0 unspecified atom stereocenters. The third-order valence-electron chi connectivity index (χ3n) is 4.23. The molecule has 6 heteroatoms. The van der Waals surface area contributed by atoms with Crippen LogP contribution in [0.1, 0.15) is 23.0 Å². The highest BCUT2D eigenvalue weighted by atomic mass is 16.6. The van der Waals surface area contributed by atoms with E-state index in [2.05, 4.69) is 4.98 Å². The number of aromatic nitrogens is 2. The van der Waals surface area contributed by atoms with Crippen LogP contribution in [-0.2, 0) is 6.54 Å². The van der Waals surface area contributed by atoms with Gasteiger partial charge in [-0.2, -0.15) is 0 Å². The molecule has 0 fully saturated rings. The number of carbonyl (C=O) groups is 1. The molecule has 1 aromatic carbocycles. The molecule has 128 valence electrons. The standard InChI is InChI=1S/C19H19N3O3/c1-2-21(12-14-6-7-16-17(11-14)25-10-9-24-16)19(23)15-13-22-8-4-3-5-18(22)20-15/h3-8,11,13H,2,9-10,12H2,1H3. The van der Waals surface area contributed by atoms with Crippen molar-refractivity contribution in [1.29, 1.82) is 0 Å². The number of ether oxygens (including phenoxy) is 2. The number of pyridine rings is 1. The maximum absolute atomic E-state index is 12.8. The van der Waals surface area contributed by atoms with E-state index in [0.717, 1.165) is 22.7 Å². The van der Waals surface area contributed by atoms with Crippen LogP contribution >= 0.6 is 0 Å². The Bertz CT molecular complexity index is 886. The fourth-order valence-corrected chi connectivity index (χ4v) is 2.93. The van der Waals surface area contributed by atoms with Gasteiger partial charge in [-0.25, -0.2) is 4.98 Å². The van der Waals surface area contributed by atoms with Gasteiger partial charge in [0.1, 0.15) is 24.6 Å². The lowest BCUT2D eigenvalue weighted by Crippen LogP contribution is -2.30. The third-order valence-corrected chi connectivity index (χ3v) is 4.23. The highest BCUT2D eigenvalue weighted by Gasteiger charge is 2.19. The van der Waals surface area contributed by atoms with E-state index in [-0.39, 0.29) is 5.91 Å². The van der Waals surface area contributed by atoms with Gasteiger partial charge >= 0.3 is 0 Å². The number of rotatable bonds is 4. The van der Waals surface area contributed by atoms with Gasteiger partial charge in [0.15, 0.2) is 11.5 Å². The first kappa shape index (κ1) is 15.5. The molecule has 0 spiro atoms. The van der Waals surface area contributed by atoms with Crippen molar-refractivity contribution in [3.8, 4) is 11.5 Å². The van der Waals surface area contributed by atoms with Crippen molar-refractivity contribution in [2.24, 2.45) is 0 Å². The molecule has 6 nitrogen and oxygen atoms in total. The molecule has 0 saturated carbocycles. The van der Waals surface area contributed by atoms with Crippen LogP contribution in [0.5, 0.6) is 11.5 Å². The molecule has 3 aromatic rings. The van der Waals surface area contributed by atoms with Gasteiger partial charge in [0.2, 0.25) is 0 Å². The number of benzene rings is 1. The van der Waals surface area contributed by atoms with Crippen molar-refractivity contribution >= 4 is 11.6 Å². The van der Waals surface area contributed by atoms with Crippen LogP contribution in [0.3, 0.4) is 0 Å². The Morgan fingerprint density at radius 1 is 1.20 bits per heavy atom. The van der Waals surface area contributed by atoms with E-state index in [9.17, 15) is 4.79 Å². The third kappa shape index (κ3) is 3.03. The molecule has 1 aliphatic heterocycles. The Labute approximate surface area is 145 Å². The van der Waals surface area contributed by atoms with E-state index in [4.69, 9.17) is 9.47 Å². The number of imidazole rings is 1.